The van der Waals surface area contributed by atoms with Crippen molar-refractivity contribution in [2.75, 3.05) is 0 Å². The van der Waals surface area contributed by atoms with Crippen LogP contribution in [0.3, 0.4) is 0 Å². The third-order valence-electron chi connectivity index (χ3n) is 3.40. The van der Waals surface area contributed by atoms with E-state index in [1.165, 1.54) is 16.7 Å². The molecule has 2 aromatic carbocycles. The van der Waals surface area contributed by atoms with Crippen LogP contribution >= 0.6 is 11.6 Å². The van der Waals surface area contributed by atoms with E-state index in [1.54, 1.807) is 0 Å². The van der Waals surface area contributed by atoms with Crippen LogP contribution in [0.4, 0.5) is 0 Å². The normalized spacial score (nSPS) is 12.7. The lowest BCUT2D eigenvalue weighted by molar-refractivity contribution is 0.720. The molecule has 2 N–H and O–H groups in total. The molecular weight excluding hydrogens is 254 g/mol. The molecule has 0 saturated heterocycles. The van der Waals surface area contributed by atoms with Crippen LogP contribution in [0.5, 0.6) is 0 Å². The average molecular weight is 274 g/mol. The number of nitrogens with two attached hydrogens (primary N) is 1. The molecule has 0 aromatic heterocycles. The predicted octanol–water partition coefficient (Wildman–Crippen LogP) is 4.71. The molecule has 1 nitrogen and oxygen atoms in total. The Morgan fingerprint density at radius 2 is 1.42 bits per heavy atom. The highest BCUT2D eigenvalue weighted by atomic mass is 35.5. The van der Waals surface area contributed by atoms with Gasteiger partial charge in [-0.3, -0.25) is 0 Å². The van der Waals surface area contributed by atoms with Crippen molar-refractivity contribution < 1.29 is 0 Å². The monoisotopic (exact) mass is 273 g/mol. The lowest BCUT2D eigenvalue weighted by Gasteiger charge is -2.14. The fourth-order valence-corrected chi connectivity index (χ4v) is 2.25. The van der Waals surface area contributed by atoms with E-state index in [1.807, 2.05) is 24.3 Å². The van der Waals surface area contributed by atoms with Gasteiger partial charge in [0.25, 0.3) is 0 Å². The molecule has 1 atom stereocenters. The summed E-state index contributed by atoms with van der Waals surface area (Å²) in [6.45, 7) is 4.39. The zero-order valence-electron chi connectivity index (χ0n) is 11.4. The Bertz CT molecular complexity index is 514. The quantitative estimate of drug-likeness (QED) is 0.858. The first kappa shape index (κ1) is 14.1. The molecule has 2 aromatic rings. The smallest absolute Gasteiger partial charge is 0.0406 e. The maximum atomic E-state index is 6.26. The molecule has 2 rings (SSSR count). The number of benzene rings is 2. The molecule has 0 aliphatic rings. The highest BCUT2D eigenvalue weighted by Gasteiger charge is 2.08. The van der Waals surface area contributed by atoms with Gasteiger partial charge in [-0.05, 0) is 41.2 Å². The molecule has 0 fully saturated rings. The molecular formula is C17H20ClN. The first-order valence-corrected chi connectivity index (χ1v) is 7.04. The van der Waals surface area contributed by atoms with Gasteiger partial charge in [0.05, 0.1) is 0 Å². The van der Waals surface area contributed by atoms with Crippen LogP contribution in [0.1, 0.15) is 42.5 Å². The molecule has 0 bridgehead atoms. The molecule has 2 heteroatoms. The second-order valence-electron chi connectivity index (χ2n) is 5.26. The Morgan fingerprint density at radius 1 is 0.895 bits per heavy atom. The minimum absolute atomic E-state index is 0.0300. The van der Waals surface area contributed by atoms with E-state index in [0.717, 1.165) is 11.4 Å². The highest BCUT2D eigenvalue weighted by molar-refractivity contribution is 6.30. The molecule has 0 saturated carbocycles. The topological polar surface area (TPSA) is 26.0 Å². The summed E-state index contributed by atoms with van der Waals surface area (Å²) in [6.07, 6.45) is 0.832. The van der Waals surface area contributed by atoms with E-state index in [-0.39, 0.29) is 6.04 Å². The van der Waals surface area contributed by atoms with Gasteiger partial charge < -0.3 is 5.73 Å². The molecule has 1 unspecified atom stereocenters. The molecule has 0 amide bonds. The minimum atomic E-state index is 0.0300. The Labute approximate surface area is 120 Å². The summed E-state index contributed by atoms with van der Waals surface area (Å²) in [5.41, 5.74) is 10.0. The van der Waals surface area contributed by atoms with Gasteiger partial charge in [0, 0.05) is 11.1 Å². The van der Waals surface area contributed by atoms with Crippen molar-refractivity contribution in [2.45, 2.75) is 32.2 Å². The Kier molecular flexibility index (Phi) is 4.62. The van der Waals surface area contributed by atoms with Crippen LogP contribution in [0.25, 0.3) is 0 Å². The maximum absolute atomic E-state index is 6.26. The lowest BCUT2D eigenvalue weighted by Crippen LogP contribution is -2.13. The van der Waals surface area contributed by atoms with Gasteiger partial charge in [-0.25, -0.2) is 0 Å². The van der Waals surface area contributed by atoms with Crippen molar-refractivity contribution in [1.82, 2.24) is 0 Å². The van der Waals surface area contributed by atoms with E-state index in [2.05, 4.69) is 38.1 Å². The van der Waals surface area contributed by atoms with Gasteiger partial charge in [-0.2, -0.15) is 0 Å². The largest absolute Gasteiger partial charge is 0.324 e. The molecule has 0 radical (unpaired) electrons. The molecule has 0 spiro atoms. The standard InChI is InChI=1S/C17H20ClN/c1-12(2)14-5-7-15(8-6-14)17(19)11-13-3-9-16(18)10-4-13/h3-10,12,17H,11,19H2,1-2H3. The van der Waals surface area contributed by atoms with E-state index in [0.29, 0.717) is 5.92 Å². The first-order valence-electron chi connectivity index (χ1n) is 6.66. The first-order chi connectivity index (χ1) is 9.06. The van der Waals surface area contributed by atoms with Gasteiger partial charge in [0.1, 0.15) is 0 Å². The number of hydrogen-bond acceptors (Lipinski definition) is 1. The third kappa shape index (κ3) is 3.82. The maximum Gasteiger partial charge on any atom is 0.0406 e. The van der Waals surface area contributed by atoms with Gasteiger partial charge in [0.15, 0.2) is 0 Å². The average Bonchev–Trinajstić information content (AvgIpc) is 2.41. The van der Waals surface area contributed by atoms with Crippen LogP contribution in [0.2, 0.25) is 5.02 Å². The zero-order chi connectivity index (χ0) is 13.8. The van der Waals surface area contributed by atoms with E-state index >= 15 is 0 Å². The second-order valence-corrected chi connectivity index (χ2v) is 5.69. The molecule has 100 valence electrons. The summed E-state index contributed by atoms with van der Waals surface area (Å²) >= 11 is 5.88. The summed E-state index contributed by atoms with van der Waals surface area (Å²) in [4.78, 5) is 0. The fraction of sp³-hybridized carbons (Fsp3) is 0.294. The van der Waals surface area contributed by atoms with Crippen molar-refractivity contribution >= 4 is 11.6 Å². The van der Waals surface area contributed by atoms with Gasteiger partial charge in [-0.15, -0.1) is 0 Å². The zero-order valence-corrected chi connectivity index (χ0v) is 12.2. The number of hydrogen-bond donors (Lipinski definition) is 1. The molecule has 0 heterocycles. The van der Waals surface area contributed by atoms with Gasteiger partial charge in [0.2, 0.25) is 0 Å². The Balaban J connectivity index is 2.07. The van der Waals surface area contributed by atoms with Crippen molar-refractivity contribution in [3.05, 3.63) is 70.2 Å². The van der Waals surface area contributed by atoms with Crippen LogP contribution in [0.15, 0.2) is 48.5 Å². The molecule has 0 aliphatic heterocycles. The highest BCUT2D eigenvalue weighted by Crippen LogP contribution is 2.20. The Morgan fingerprint density at radius 3 is 1.95 bits per heavy atom. The number of rotatable bonds is 4. The van der Waals surface area contributed by atoms with Crippen LogP contribution in [-0.4, -0.2) is 0 Å². The van der Waals surface area contributed by atoms with Gasteiger partial charge in [-0.1, -0.05) is 61.8 Å². The van der Waals surface area contributed by atoms with Crippen molar-refractivity contribution in [1.29, 1.82) is 0 Å². The van der Waals surface area contributed by atoms with Gasteiger partial charge >= 0.3 is 0 Å². The van der Waals surface area contributed by atoms with E-state index < -0.39 is 0 Å². The van der Waals surface area contributed by atoms with Crippen LogP contribution in [-0.2, 0) is 6.42 Å². The van der Waals surface area contributed by atoms with Crippen molar-refractivity contribution in [2.24, 2.45) is 5.73 Å². The summed E-state index contributed by atoms with van der Waals surface area (Å²) in [5.74, 6) is 0.557. The predicted molar refractivity (Wildman–Crippen MR) is 82.6 cm³/mol. The van der Waals surface area contributed by atoms with E-state index in [9.17, 15) is 0 Å². The second kappa shape index (κ2) is 6.23. The SMILES string of the molecule is CC(C)c1ccc(C(N)Cc2ccc(Cl)cc2)cc1. The summed E-state index contributed by atoms with van der Waals surface area (Å²) in [5, 5.41) is 0.763. The summed E-state index contributed by atoms with van der Waals surface area (Å²) in [6, 6.07) is 16.5. The lowest BCUT2D eigenvalue weighted by atomic mass is 9.96. The van der Waals surface area contributed by atoms with Crippen molar-refractivity contribution in [3.8, 4) is 0 Å². The third-order valence-corrected chi connectivity index (χ3v) is 3.65. The number of halogens is 1. The van der Waals surface area contributed by atoms with Crippen molar-refractivity contribution in [3.63, 3.8) is 0 Å². The summed E-state index contributed by atoms with van der Waals surface area (Å²) < 4.78 is 0. The van der Waals surface area contributed by atoms with Crippen LogP contribution < -0.4 is 5.73 Å². The Hall–Kier alpha value is -1.31. The fourth-order valence-electron chi connectivity index (χ4n) is 2.12. The van der Waals surface area contributed by atoms with E-state index in [4.69, 9.17) is 17.3 Å². The summed E-state index contributed by atoms with van der Waals surface area (Å²) in [7, 11) is 0. The molecule has 19 heavy (non-hydrogen) atoms. The minimum Gasteiger partial charge on any atom is -0.324 e. The van der Waals surface area contributed by atoms with Crippen LogP contribution in [0, 0.1) is 0 Å². The molecule has 0 aliphatic carbocycles.